The van der Waals surface area contributed by atoms with Crippen LogP contribution >= 0.6 is 35.3 Å². The number of halogens is 1. The summed E-state index contributed by atoms with van der Waals surface area (Å²) in [5.41, 5.74) is 1.19. The summed E-state index contributed by atoms with van der Waals surface area (Å²) >= 11 is 1.58. The fourth-order valence-electron chi connectivity index (χ4n) is 3.00. The van der Waals surface area contributed by atoms with E-state index in [2.05, 4.69) is 20.9 Å². The molecule has 0 spiro atoms. The third-order valence-corrected chi connectivity index (χ3v) is 5.76. The van der Waals surface area contributed by atoms with Gasteiger partial charge in [0.1, 0.15) is 12.6 Å². The van der Waals surface area contributed by atoms with Gasteiger partial charge in [0, 0.05) is 29.2 Å². The fraction of sp³-hybridized carbons (Fsp3) is 0.304. The highest BCUT2D eigenvalue weighted by Gasteiger charge is 2.12. The number of guanidine groups is 1. The molecule has 0 aliphatic carbocycles. The van der Waals surface area contributed by atoms with Crippen LogP contribution in [0.4, 0.5) is 0 Å². The van der Waals surface area contributed by atoms with Crippen LogP contribution < -0.4 is 16.0 Å². The number of hydrogen-bond acceptors (Lipinski definition) is 4. The number of aliphatic hydroxyl groups is 1. The Bertz CT molecular complexity index is 945. The number of nitrogens with one attached hydrogen (secondary N) is 3. The maximum Gasteiger partial charge on any atom is 0.241 e. The van der Waals surface area contributed by atoms with Crippen molar-refractivity contribution in [3.63, 3.8) is 0 Å². The van der Waals surface area contributed by atoms with Crippen LogP contribution in [0, 0.1) is 0 Å². The van der Waals surface area contributed by atoms with E-state index in [4.69, 9.17) is 0 Å². The van der Waals surface area contributed by atoms with Crippen LogP contribution in [0.25, 0.3) is 10.1 Å². The second kappa shape index (κ2) is 13.3. The number of rotatable bonds is 9. The van der Waals surface area contributed by atoms with Gasteiger partial charge in [-0.2, -0.15) is 0 Å². The third-order valence-electron chi connectivity index (χ3n) is 4.54. The molecule has 0 fully saturated rings. The highest BCUT2D eigenvalue weighted by Crippen LogP contribution is 2.29. The van der Waals surface area contributed by atoms with Crippen molar-refractivity contribution in [2.45, 2.75) is 19.4 Å². The fourth-order valence-corrected chi connectivity index (χ4v) is 4.05. The molecule has 4 N–H and O–H groups in total. The molecule has 0 aliphatic rings. The monoisotopic (exact) mass is 552 g/mol. The Morgan fingerprint density at radius 2 is 1.81 bits per heavy atom. The van der Waals surface area contributed by atoms with Gasteiger partial charge in [-0.15, -0.1) is 35.3 Å². The van der Waals surface area contributed by atoms with Crippen LogP contribution in [0.2, 0.25) is 0 Å². The molecule has 6 nitrogen and oxygen atoms in total. The van der Waals surface area contributed by atoms with Crippen molar-refractivity contribution < 1.29 is 9.90 Å². The number of amides is 1. The van der Waals surface area contributed by atoms with Crippen LogP contribution in [0.3, 0.4) is 0 Å². The predicted molar refractivity (Wildman–Crippen MR) is 139 cm³/mol. The van der Waals surface area contributed by atoms with Gasteiger partial charge in [0.05, 0.1) is 0 Å². The Kier molecular flexibility index (Phi) is 10.8. The topological polar surface area (TPSA) is 85.8 Å². The van der Waals surface area contributed by atoms with Gasteiger partial charge in [-0.25, -0.2) is 4.99 Å². The molecule has 1 amide bonds. The molecule has 0 saturated carbocycles. The molecule has 1 heterocycles. The summed E-state index contributed by atoms with van der Waals surface area (Å²) in [5.74, 6) is 0.379. The van der Waals surface area contributed by atoms with Gasteiger partial charge in [0.25, 0.3) is 0 Å². The zero-order chi connectivity index (χ0) is 21.2. The number of aliphatic imine (C=N–C) groups is 1. The minimum absolute atomic E-state index is 0. The lowest BCUT2D eigenvalue weighted by Gasteiger charge is -2.14. The second-order valence-corrected chi connectivity index (χ2v) is 7.98. The Balaban J connectivity index is 0.00000341. The molecule has 0 bridgehead atoms. The molecule has 0 radical (unpaired) electrons. The van der Waals surface area contributed by atoms with E-state index < -0.39 is 6.10 Å². The van der Waals surface area contributed by atoms with Gasteiger partial charge in [-0.05, 0) is 36.4 Å². The van der Waals surface area contributed by atoms with Crippen LogP contribution in [0.15, 0.2) is 65.7 Å². The summed E-state index contributed by atoms with van der Waals surface area (Å²) in [6.07, 6.45) is 0.140. The van der Waals surface area contributed by atoms with Crippen molar-refractivity contribution in [1.82, 2.24) is 16.0 Å². The van der Waals surface area contributed by atoms with Crippen molar-refractivity contribution in [1.29, 1.82) is 0 Å². The van der Waals surface area contributed by atoms with Gasteiger partial charge in [0.15, 0.2) is 5.96 Å². The number of aliphatic hydroxyl groups excluding tert-OH is 1. The number of hydrogen-bond donors (Lipinski definition) is 4. The SMILES string of the molecule is CCNC(=NCC(=O)NCCc1ccccc1)NCC(O)c1cc2ccccc2s1.I. The van der Waals surface area contributed by atoms with Crippen LogP contribution in [-0.4, -0.2) is 43.2 Å². The molecule has 31 heavy (non-hydrogen) atoms. The molecule has 0 aliphatic heterocycles. The minimum Gasteiger partial charge on any atom is -0.386 e. The lowest BCUT2D eigenvalue weighted by atomic mass is 10.1. The zero-order valence-electron chi connectivity index (χ0n) is 17.5. The first kappa shape index (κ1) is 25.1. The first-order valence-electron chi connectivity index (χ1n) is 10.1. The average Bonchev–Trinajstić information content (AvgIpc) is 3.21. The van der Waals surface area contributed by atoms with E-state index in [9.17, 15) is 9.90 Å². The summed E-state index contributed by atoms with van der Waals surface area (Å²) in [4.78, 5) is 17.3. The second-order valence-electron chi connectivity index (χ2n) is 6.86. The number of fused-ring (bicyclic) bond motifs is 1. The minimum atomic E-state index is -0.647. The van der Waals surface area contributed by atoms with Gasteiger partial charge in [-0.3, -0.25) is 4.79 Å². The normalized spacial score (nSPS) is 12.1. The van der Waals surface area contributed by atoms with Crippen molar-refractivity contribution >= 4 is 57.3 Å². The van der Waals surface area contributed by atoms with Crippen LogP contribution in [0.5, 0.6) is 0 Å². The number of carbonyl (C=O) groups excluding carboxylic acids is 1. The van der Waals surface area contributed by atoms with E-state index in [1.807, 2.05) is 67.6 Å². The molecule has 166 valence electrons. The quantitative estimate of drug-likeness (QED) is 0.186. The van der Waals surface area contributed by atoms with Crippen molar-refractivity contribution in [3.05, 3.63) is 71.1 Å². The summed E-state index contributed by atoms with van der Waals surface area (Å²) < 4.78 is 1.15. The van der Waals surface area contributed by atoms with E-state index in [0.717, 1.165) is 21.4 Å². The zero-order valence-corrected chi connectivity index (χ0v) is 20.7. The van der Waals surface area contributed by atoms with Crippen molar-refractivity contribution in [3.8, 4) is 0 Å². The summed E-state index contributed by atoms with van der Waals surface area (Å²) in [6, 6.07) is 20.1. The lowest BCUT2D eigenvalue weighted by Crippen LogP contribution is -2.40. The molecular formula is C23H29IN4O2S. The van der Waals surface area contributed by atoms with E-state index in [0.29, 0.717) is 25.6 Å². The molecule has 1 aromatic heterocycles. The van der Waals surface area contributed by atoms with E-state index in [-0.39, 0.29) is 36.4 Å². The summed E-state index contributed by atoms with van der Waals surface area (Å²) in [5, 5.41) is 20.8. The largest absolute Gasteiger partial charge is 0.386 e. The van der Waals surface area contributed by atoms with Gasteiger partial charge in [0.2, 0.25) is 5.91 Å². The van der Waals surface area contributed by atoms with E-state index in [1.165, 1.54) is 5.56 Å². The van der Waals surface area contributed by atoms with Gasteiger partial charge < -0.3 is 21.1 Å². The van der Waals surface area contributed by atoms with Crippen LogP contribution in [0.1, 0.15) is 23.5 Å². The Hall–Kier alpha value is -2.17. The first-order chi connectivity index (χ1) is 14.7. The third kappa shape index (κ3) is 8.12. The summed E-state index contributed by atoms with van der Waals surface area (Å²) in [7, 11) is 0. The Labute approximate surface area is 204 Å². The Morgan fingerprint density at radius 1 is 1.06 bits per heavy atom. The van der Waals surface area contributed by atoms with Crippen LogP contribution in [-0.2, 0) is 11.2 Å². The highest BCUT2D eigenvalue weighted by atomic mass is 127. The number of nitrogens with zero attached hydrogens (tertiary/aromatic N) is 1. The van der Waals surface area contributed by atoms with Crippen molar-refractivity contribution in [2.75, 3.05) is 26.2 Å². The first-order valence-corrected chi connectivity index (χ1v) is 11.0. The molecule has 1 atom stereocenters. The molecule has 8 heteroatoms. The van der Waals surface area contributed by atoms with E-state index >= 15 is 0 Å². The van der Waals surface area contributed by atoms with Crippen molar-refractivity contribution in [2.24, 2.45) is 4.99 Å². The predicted octanol–water partition coefficient (Wildman–Crippen LogP) is 3.47. The number of thiophene rings is 1. The van der Waals surface area contributed by atoms with E-state index in [1.54, 1.807) is 11.3 Å². The molecule has 3 aromatic rings. The molecule has 3 rings (SSSR count). The average molecular weight is 552 g/mol. The smallest absolute Gasteiger partial charge is 0.241 e. The molecule has 0 saturated heterocycles. The maximum absolute atomic E-state index is 12.1. The number of benzene rings is 2. The Morgan fingerprint density at radius 3 is 2.55 bits per heavy atom. The van der Waals surface area contributed by atoms with Gasteiger partial charge >= 0.3 is 0 Å². The van der Waals surface area contributed by atoms with Gasteiger partial charge in [-0.1, -0.05) is 48.5 Å². The lowest BCUT2D eigenvalue weighted by molar-refractivity contribution is -0.119. The number of carbonyl (C=O) groups is 1. The summed E-state index contributed by atoms with van der Waals surface area (Å²) in [6.45, 7) is 3.55. The standard InChI is InChI=1S/C23H28N4O2S.HI/c1-2-24-23(27-16-22(29)25-13-12-17-8-4-3-5-9-17)26-15-19(28)21-14-18-10-6-7-11-20(18)30-21;/h3-11,14,19,28H,2,12-13,15-16H2,1H3,(H,25,29)(H2,24,26,27);1H. The highest BCUT2D eigenvalue weighted by molar-refractivity contribution is 14.0. The molecular weight excluding hydrogens is 523 g/mol. The molecule has 2 aromatic carbocycles. The molecule has 1 unspecified atom stereocenters. The maximum atomic E-state index is 12.1.